The summed E-state index contributed by atoms with van der Waals surface area (Å²) in [5.74, 6) is 1.36. The third kappa shape index (κ3) is 5.31. The zero-order valence-corrected chi connectivity index (χ0v) is 18.1. The third-order valence-electron chi connectivity index (χ3n) is 6.67. The maximum absolute atomic E-state index is 12.8. The van der Waals surface area contributed by atoms with E-state index in [1.54, 1.807) is 0 Å². The fraction of sp³-hybridized carbons (Fsp3) is 0.696. The minimum atomic E-state index is -0.282. The molecule has 5 rings (SSSR count). The van der Waals surface area contributed by atoms with E-state index in [0.717, 1.165) is 64.3 Å². The van der Waals surface area contributed by atoms with E-state index in [1.807, 2.05) is 12.1 Å². The molecule has 1 aromatic heterocycles. The fourth-order valence-electron chi connectivity index (χ4n) is 4.79. The smallest absolute Gasteiger partial charge is 0.270 e. The second-order valence-corrected chi connectivity index (χ2v) is 8.92. The first-order valence-electron chi connectivity index (χ1n) is 11.8. The maximum atomic E-state index is 12.8. The first-order valence-corrected chi connectivity index (χ1v) is 11.8. The van der Waals surface area contributed by atoms with Gasteiger partial charge in [0.25, 0.3) is 5.91 Å². The Morgan fingerprint density at radius 2 is 1.60 bits per heavy atom. The molecule has 30 heavy (non-hydrogen) atoms. The van der Waals surface area contributed by atoms with Crippen LogP contribution in [-0.2, 0) is 4.79 Å². The van der Waals surface area contributed by atoms with E-state index in [4.69, 9.17) is 10.4 Å². The zero-order chi connectivity index (χ0) is 20.8. The maximum Gasteiger partial charge on any atom is 0.270 e. The lowest BCUT2D eigenvalue weighted by Gasteiger charge is -2.32. The predicted octanol–water partition coefficient (Wildman–Crippen LogP) is 3.01. The van der Waals surface area contributed by atoms with Crippen LogP contribution in [0.5, 0.6) is 0 Å². The number of anilines is 2. The monoisotopic (exact) mass is 412 g/mol. The molecule has 0 aliphatic carbocycles. The van der Waals surface area contributed by atoms with Gasteiger partial charge in [0.1, 0.15) is 17.3 Å². The largest absolute Gasteiger partial charge is 0.369 e. The molecular formula is C23H36N6O. The molecule has 7 nitrogen and oxygen atoms in total. The van der Waals surface area contributed by atoms with Crippen molar-refractivity contribution >= 4 is 23.3 Å². The van der Waals surface area contributed by atoms with Gasteiger partial charge in [0.2, 0.25) is 0 Å². The zero-order valence-electron chi connectivity index (χ0n) is 18.1. The molecule has 1 amide bonds. The number of fused-ring (bicyclic) bond motifs is 9. The first-order chi connectivity index (χ1) is 14.7. The number of nitrogens with zero attached hydrogens (tertiary/aromatic N) is 3. The van der Waals surface area contributed by atoms with Crippen molar-refractivity contribution in [2.75, 3.05) is 49.5 Å². The SMILES string of the molecule is N=C1C(=O)NC2CCN(CCCCCNc3nc(N4CCCCCC4)ccc31)CC2. The van der Waals surface area contributed by atoms with Gasteiger partial charge in [-0.3, -0.25) is 10.2 Å². The van der Waals surface area contributed by atoms with Crippen molar-refractivity contribution in [3.63, 3.8) is 0 Å². The molecular weight excluding hydrogens is 376 g/mol. The molecule has 4 aliphatic rings. The molecule has 1 aromatic rings. The molecule has 0 aromatic carbocycles. The molecule has 0 saturated carbocycles. The van der Waals surface area contributed by atoms with Gasteiger partial charge < -0.3 is 20.4 Å². The van der Waals surface area contributed by atoms with E-state index in [0.29, 0.717) is 11.4 Å². The van der Waals surface area contributed by atoms with Crippen LogP contribution in [-0.4, -0.2) is 66.8 Å². The van der Waals surface area contributed by atoms with E-state index < -0.39 is 0 Å². The summed E-state index contributed by atoms with van der Waals surface area (Å²) in [4.78, 5) is 22.6. The predicted molar refractivity (Wildman–Crippen MR) is 122 cm³/mol. The summed E-state index contributed by atoms with van der Waals surface area (Å²) in [6, 6.07) is 4.07. The van der Waals surface area contributed by atoms with Crippen molar-refractivity contribution in [2.24, 2.45) is 0 Å². The van der Waals surface area contributed by atoms with Crippen LogP contribution in [0, 0.1) is 5.41 Å². The number of pyridine rings is 1. The van der Waals surface area contributed by atoms with Gasteiger partial charge in [-0.25, -0.2) is 4.98 Å². The van der Waals surface area contributed by atoms with Crippen LogP contribution >= 0.6 is 0 Å². The van der Waals surface area contributed by atoms with E-state index in [2.05, 4.69) is 20.4 Å². The summed E-state index contributed by atoms with van der Waals surface area (Å²) in [5, 5.41) is 15.1. The molecule has 0 spiro atoms. The van der Waals surface area contributed by atoms with E-state index in [-0.39, 0.29) is 17.7 Å². The number of nitrogens with one attached hydrogen (secondary N) is 3. The fourth-order valence-corrected chi connectivity index (χ4v) is 4.79. The Morgan fingerprint density at radius 1 is 0.900 bits per heavy atom. The minimum Gasteiger partial charge on any atom is -0.369 e. The summed E-state index contributed by atoms with van der Waals surface area (Å²) in [5.41, 5.74) is 0.628. The molecule has 2 fully saturated rings. The highest BCUT2D eigenvalue weighted by molar-refractivity contribution is 6.45. The Bertz CT molecular complexity index is 735. The number of rotatable bonds is 1. The number of amides is 1. The Morgan fingerprint density at radius 3 is 2.37 bits per heavy atom. The van der Waals surface area contributed by atoms with Crippen molar-refractivity contribution in [2.45, 2.75) is 63.8 Å². The molecule has 7 heteroatoms. The highest BCUT2D eigenvalue weighted by Crippen LogP contribution is 2.23. The third-order valence-corrected chi connectivity index (χ3v) is 6.67. The van der Waals surface area contributed by atoms with E-state index in [1.165, 1.54) is 38.5 Å². The number of carbonyl (C=O) groups excluding carboxylic acids is 1. The van der Waals surface area contributed by atoms with E-state index in [9.17, 15) is 4.79 Å². The number of hydrogen-bond acceptors (Lipinski definition) is 6. The number of hydrogen-bond donors (Lipinski definition) is 3. The van der Waals surface area contributed by atoms with E-state index >= 15 is 0 Å². The van der Waals surface area contributed by atoms with Crippen LogP contribution in [0.2, 0.25) is 0 Å². The Balaban J connectivity index is 1.55. The summed E-state index contributed by atoms with van der Waals surface area (Å²) < 4.78 is 0. The van der Waals surface area contributed by atoms with Crippen molar-refractivity contribution in [3.8, 4) is 0 Å². The highest BCUT2D eigenvalue weighted by atomic mass is 16.1. The number of carbonyl (C=O) groups is 1. The van der Waals surface area contributed by atoms with Gasteiger partial charge >= 0.3 is 0 Å². The Kier molecular flexibility index (Phi) is 7.20. The van der Waals surface area contributed by atoms with Gasteiger partial charge in [-0.2, -0.15) is 0 Å². The minimum absolute atomic E-state index is 0.0183. The molecule has 5 heterocycles. The second kappa shape index (κ2) is 10.2. The quantitative estimate of drug-likeness (QED) is 0.660. The Hall–Kier alpha value is -2.15. The average molecular weight is 413 g/mol. The first kappa shape index (κ1) is 21.1. The molecule has 2 bridgehead atoms. The molecule has 2 saturated heterocycles. The highest BCUT2D eigenvalue weighted by Gasteiger charge is 2.24. The van der Waals surface area contributed by atoms with Crippen molar-refractivity contribution in [3.05, 3.63) is 17.7 Å². The van der Waals surface area contributed by atoms with Crippen molar-refractivity contribution in [1.82, 2.24) is 15.2 Å². The van der Waals surface area contributed by atoms with Gasteiger partial charge in [-0.05, 0) is 57.2 Å². The lowest BCUT2D eigenvalue weighted by Crippen LogP contribution is -2.46. The van der Waals surface area contributed by atoms with Gasteiger partial charge in [0, 0.05) is 44.3 Å². The summed E-state index contributed by atoms with van der Waals surface area (Å²) >= 11 is 0. The average Bonchev–Trinajstić information content (AvgIpc) is 3.06. The van der Waals surface area contributed by atoms with Crippen LogP contribution in [0.4, 0.5) is 11.6 Å². The van der Waals surface area contributed by atoms with Crippen LogP contribution in [0.3, 0.4) is 0 Å². The molecule has 164 valence electrons. The number of aromatic nitrogens is 1. The molecule has 0 unspecified atom stereocenters. The van der Waals surface area contributed by atoms with Gasteiger partial charge in [0.15, 0.2) is 0 Å². The van der Waals surface area contributed by atoms with Gasteiger partial charge in [-0.15, -0.1) is 0 Å². The number of piperidine rings is 1. The lowest BCUT2D eigenvalue weighted by molar-refractivity contribution is -0.115. The standard InChI is InChI=1S/C23H36N6O/c24-21-19-8-9-20(29-14-6-1-2-7-15-29)27-22(19)25-12-4-3-5-13-28-16-10-18(11-17-28)26-23(21)30/h8-9,18,24H,1-7,10-17H2,(H,25,27)(H,26,30). The second-order valence-electron chi connectivity index (χ2n) is 8.92. The molecule has 0 atom stereocenters. The summed E-state index contributed by atoms with van der Waals surface area (Å²) in [6.45, 7) is 6.09. The Labute approximate surface area is 180 Å². The van der Waals surface area contributed by atoms with Crippen LogP contribution < -0.4 is 15.5 Å². The molecule has 0 radical (unpaired) electrons. The van der Waals surface area contributed by atoms with Crippen molar-refractivity contribution in [1.29, 1.82) is 5.41 Å². The summed E-state index contributed by atoms with van der Waals surface area (Å²) in [6.07, 6.45) is 10.4. The van der Waals surface area contributed by atoms with Gasteiger partial charge in [0.05, 0.1) is 0 Å². The van der Waals surface area contributed by atoms with Crippen molar-refractivity contribution < 1.29 is 4.79 Å². The van der Waals surface area contributed by atoms with Gasteiger partial charge in [-0.1, -0.05) is 19.3 Å². The lowest BCUT2D eigenvalue weighted by atomic mass is 10.0. The molecule has 4 aliphatic heterocycles. The topological polar surface area (TPSA) is 84.3 Å². The normalized spacial score (nSPS) is 26.6. The summed E-state index contributed by atoms with van der Waals surface area (Å²) in [7, 11) is 0. The van der Waals surface area contributed by atoms with Crippen LogP contribution in [0.15, 0.2) is 12.1 Å². The molecule has 3 N–H and O–H groups in total. The van der Waals surface area contributed by atoms with Crippen LogP contribution in [0.25, 0.3) is 0 Å². The van der Waals surface area contributed by atoms with Crippen LogP contribution in [0.1, 0.15) is 63.4 Å².